The van der Waals surface area contributed by atoms with Gasteiger partial charge in [-0.25, -0.2) is 0 Å². The van der Waals surface area contributed by atoms with Crippen molar-refractivity contribution in [2.45, 2.75) is 44.1 Å². The van der Waals surface area contributed by atoms with Crippen molar-refractivity contribution in [1.82, 2.24) is 5.32 Å². The van der Waals surface area contributed by atoms with Crippen LogP contribution in [-0.2, 0) is 20.7 Å². The van der Waals surface area contributed by atoms with Crippen LogP contribution in [0.2, 0.25) is 0 Å². The van der Waals surface area contributed by atoms with E-state index in [1.54, 1.807) is 18.8 Å². The lowest BCUT2D eigenvalue weighted by atomic mass is 9.85. The molecule has 20 heavy (non-hydrogen) atoms. The average Bonchev–Trinajstić information content (AvgIpc) is 2.78. The number of carboxylic acid groups (broad SMARTS) is 1. The number of carbonyl (C=O) groups is 2. The van der Waals surface area contributed by atoms with Gasteiger partial charge in [0.2, 0.25) is 5.91 Å². The maximum Gasteiger partial charge on any atom is 0.317 e. The summed E-state index contributed by atoms with van der Waals surface area (Å²) in [6.07, 6.45) is 2.43. The van der Waals surface area contributed by atoms with E-state index >= 15 is 0 Å². The standard InChI is InChI=1S/C13H17BNO4S/c16-12(8-10-4-2-6-20-10)15-11-5-1-3-9(19-14-11)7-13(17)18/h2,4,6,9,11H,1,3,5,7-8H2,(H,15,16)(H,17,18)/t9-,11-/m0/s1. The molecule has 0 bridgehead atoms. The second kappa shape index (κ2) is 7.45. The first-order valence-electron chi connectivity index (χ1n) is 6.66. The molecule has 0 aromatic carbocycles. The summed E-state index contributed by atoms with van der Waals surface area (Å²) >= 11 is 1.56. The molecule has 1 fully saturated rings. The quantitative estimate of drug-likeness (QED) is 0.805. The summed E-state index contributed by atoms with van der Waals surface area (Å²) in [4.78, 5) is 23.6. The van der Waals surface area contributed by atoms with E-state index in [4.69, 9.17) is 9.76 Å². The number of rotatable bonds is 5. The van der Waals surface area contributed by atoms with Crippen molar-refractivity contribution in [3.63, 3.8) is 0 Å². The summed E-state index contributed by atoms with van der Waals surface area (Å²) in [5, 5.41) is 13.6. The lowest BCUT2D eigenvalue weighted by Crippen LogP contribution is -2.40. The maximum absolute atomic E-state index is 11.9. The van der Waals surface area contributed by atoms with E-state index in [2.05, 4.69) is 5.32 Å². The van der Waals surface area contributed by atoms with Gasteiger partial charge in [-0.15, -0.1) is 11.3 Å². The van der Waals surface area contributed by atoms with Crippen LogP contribution < -0.4 is 5.32 Å². The van der Waals surface area contributed by atoms with Gasteiger partial charge in [0, 0.05) is 10.8 Å². The largest absolute Gasteiger partial charge is 0.481 e. The molecule has 0 unspecified atom stereocenters. The van der Waals surface area contributed by atoms with Crippen molar-refractivity contribution in [2.24, 2.45) is 0 Å². The molecule has 1 amide bonds. The van der Waals surface area contributed by atoms with Gasteiger partial charge in [0.1, 0.15) is 0 Å². The van der Waals surface area contributed by atoms with E-state index < -0.39 is 5.97 Å². The molecule has 1 aliphatic heterocycles. The Morgan fingerprint density at radius 3 is 3.05 bits per heavy atom. The molecule has 7 heteroatoms. The Morgan fingerprint density at radius 2 is 2.35 bits per heavy atom. The lowest BCUT2D eigenvalue weighted by Gasteiger charge is -2.15. The van der Waals surface area contributed by atoms with Crippen LogP contribution in [0, 0.1) is 0 Å². The molecule has 5 nitrogen and oxygen atoms in total. The molecule has 1 saturated heterocycles. The van der Waals surface area contributed by atoms with Crippen LogP contribution in [0.1, 0.15) is 30.6 Å². The molecule has 1 aromatic heterocycles. The first kappa shape index (κ1) is 15.1. The topological polar surface area (TPSA) is 75.6 Å². The van der Waals surface area contributed by atoms with Gasteiger partial charge >= 0.3 is 13.5 Å². The van der Waals surface area contributed by atoms with Crippen LogP contribution in [0.5, 0.6) is 0 Å². The number of carboxylic acids is 1. The van der Waals surface area contributed by atoms with E-state index in [-0.39, 0.29) is 24.4 Å². The Morgan fingerprint density at radius 1 is 1.50 bits per heavy atom. The summed E-state index contributed by atoms with van der Waals surface area (Å²) in [7, 11) is 1.58. The lowest BCUT2D eigenvalue weighted by molar-refractivity contribution is -0.138. The maximum atomic E-state index is 11.9. The third-order valence-corrected chi connectivity index (χ3v) is 4.02. The molecule has 0 spiro atoms. The molecule has 107 valence electrons. The Balaban J connectivity index is 1.76. The number of hydrogen-bond donors (Lipinski definition) is 2. The van der Waals surface area contributed by atoms with Crippen molar-refractivity contribution >= 4 is 30.7 Å². The Hall–Kier alpha value is -1.34. The van der Waals surface area contributed by atoms with Crippen molar-refractivity contribution in [2.75, 3.05) is 0 Å². The second-order valence-electron chi connectivity index (χ2n) is 4.85. The zero-order valence-electron chi connectivity index (χ0n) is 11.1. The molecule has 0 saturated carbocycles. The van der Waals surface area contributed by atoms with Crippen LogP contribution in [0.25, 0.3) is 0 Å². The minimum atomic E-state index is -0.858. The van der Waals surface area contributed by atoms with Gasteiger partial charge in [-0.2, -0.15) is 0 Å². The highest BCUT2D eigenvalue weighted by atomic mass is 32.1. The number of carbonyl (C=O) groups excluding carboxylic acids is 1. The number of aliphatic carboxylic acids is 1. The molecule has 1 aliphatic rings. The fourth-order valence-corrected chi connectivity index (χ4v) is 2.89. The van der Waals surface area contributed by atoms with Crippen molar-refractivity contribution in [3.05, 3.63) is 22.4 Å². The molecule has 1 radical (unpaired) electrons. The molecule has 0 aliphatic carbocycles. The Bertz CT molecular complexity index is 451. The van der Waals surface area contributed by atoms with Crippen molar-refractivity contribution in [1.29, 1.82) is 0 Å². The zero-order valence-corrected chi connectivity index (χ0v) is 11.9. The van der Waals surface area contributed by atoms with Crippen LogP contribution >= 0.6 is 11.3 Å². The van der Waals surface area contributed by atoms with Crippen LogP contribution in [0.4, 0.5) is 0 Å². The van der Waals surface area contributed by atoms with Gasteiger partial charge in [-0.1, -0.05) is 6.07 Å². The molecule has 1 aromatic rings. The molecule has 2 heterocycles. The number of amides is 1. The molecular weight excluding hydrogens is 277 g/mol. The van der Waals surface area contributed by atoms with Gasteiger partial charge in [-0.3, -0.25) is 9.59 Å². The van der Waals surface area contributed by atoms with E-state index in [9.17, 15) is 9.59 Å². The van der Waals surface area contributed by atoms with Crippen molar-refractivity contribution < 1.29 is 19.3 Å². The van der Waals surface area contributed by atoms with Crippen LogP contribution in [-0.4, -0.2) is 36.5 Å². The minimum Gasteiger partial charge on any atom is -0.481 e. The Labute approximate surface area is 122 Å². The minimum absolute atomic E-state index is 0.00631. The van der Waals surface area contributed by atoms with Gasteiger partial charge in [0.15, 0.2) is 0 Å². The third-order valence-electron chi connectivity index (χ3n) is 3.14. The molecule has 2 atom stereocenters. The first-order valence-corrected chi connectivity index (χ1v) is 7.54. The van der Waals surface area contributed by atoms with Crippen molar-refractivity contribution in [3.8, 4) is 0 Å². The number of nitrogens with one attached hydrogen (secondary N) is 1. The monoisotopic (exact) mass is 294 g/mol. The van der Waals surface area contributed by atoms with E-state index in [0.29, 0.717) is 12.8 Å². The van der Waals surface area contributed by atoms with Gasteiger partial charge in [0.25, 0.3) is 0 Å². The summed E-state index contributed by atoms with van der Waals surface area (Å²) in [5.41, 5.74) is 0. The third kappa shape index (κ3) is 4.98. The first-order chi connectivity index (χ1) is 9.63. The average molecular weight is 294 g/mol. The number of hydrogen-bond acceptors (Lipinski definition) is 4. The van der Waals surface area contributed by atoms with Crippen LogP contribution in [0.3, 0.4) is 0 Å². The molecule has 2 N–H and O–H groups in total. The summed E-state index contributed by atoms with van der Waals surface area (Å²) in [5.74, 6) is -1.03. The summed E-state index contributed by atoms with van der Waals surface area (Å²) in [6.45, 7) is 0. The summed E-state index contributed by atoms with van der Waals surface area (Å²) < 4.78 is 5.44. The van der Waals surface area contributed by atoms with Gasteiger partial charge in [-0.05, 0) is 30.7 Å². The van der Waals surface area contributed by atoms with E-state index in [1.165, 1.54) is 0 Å². The summed E-state index contributed by atoms with van der Waals surface area (Å²) in [6, 6.07) is 3.85. The fourth-order valence-electron chi connectivity index (χ4n) is 2.19. The van der Waals surface area contributed by atoms with Gasteiger partial charge < -0.3 is 15.1 Å². The van der Waals surface area contributed by atoms with E-state index in [1.807, 2.05) is 17.5 Å². The second-order valence-corrected chi connectivity index (χ2v) is 5.89. The normalized spacial score (nSPS) is 22.6. The SMILES string of the molecule is O=C(O)C[C@@H]1CCC[C@H](NC(=O)Cc2cccs2)[B]O1. The smallest absolute Gasteiger partial charge is 0.317 e. The highest BCUT2D eigenvalue weighted by molar-refractivity contribution is 7.10. The zero-order chi connectivity index (χ0) is 14.4. The molecule has 2 rings (SSSR count). The van der Waals surface area contributed by atoms with E-state index in [0.717, 1.165) is 17.7 Å². The van der Waals surface area contributed by atoms with Gasteiger partial charge in [0.05, 0.1) is 18.9 Å². The highest BCUT2D eigenvalue weighted by Crippen LogP contribution is 2.15. The molecular formula is C13H17BNO4S. The highest BCUT2D eigenvalue weighted by Gasteiger charge is 2.23. The van der Waals surface area contributed by atoms with Crippen LogP contribution in [0.15, 0.2) is 17.5 Å². The number of thiophene rings is 1. The predicted molar refractivity (Wildman–Crippen MR) is 76.7 cm³/mol. The Kier molecular flexibility index (Phi) is 5.61. The predicted octanol–water partition coefficient (Wildman–Crippen LogP) is 1.40. The fraction of sp³-hybridized carbons (Fsp3) is 0.538.